The van der Waals surface area contributed by atoms with E-state index in [4.69, 9.17) is 0 Å². The second-order valence-electron chi connectivity index (χ2n) is 27.1. The molecule has 1 saturated heterocycles. The molecule has 1 rings (SSSR count). The van der Waals surface area contributed by atoms with E-state index in [9.17, 15) is 53.4 Å². The molecular weight excluding hydrogens is 1090 g/mol. The van der Waals surface area contributed by atoms with Crippen LogP contribution in [0.3, 0.4) is 0 Å². The summed E-state index contributed by atoms with van der Waals surface area (Å²) in [6.45, 7) is 29.7. The third kappa shape index (κ3) is 21.2. The molecular formula is C64H114N8O13. The molecule has 0 unspecified atom stereocenters. The van der Waals surface area contributed by atoms with Gasteiger partial charge in [-0.25, -0.2) is 0 Å². The number of carbonyl (C=O) groups excluding carboxylic acids is 11. The van der Waals surface area contributed by atoms with Crippen LogP contribution in [0.25, 0.3) is 0 Å². The first kappa shape index (κ1) is 77.7. The molecule has 0 bridgehead atoms. The quantitative estimate of drug-likeness (QED) is 0.187. The van der Waals surface area contributed by atoms with Gasteiger partial charge in [-0.1, -0.05) is 104 Å². The topological polar surface area (TPSA) is 263 Å². The number of aliphatic hydroxyl groups excluding tert-OH is 2. The Hall–Kier alpha value is -5.31. The maximum absolute atomic E-state index is 15.1. The molecule has 488 valence electrons. The summed E-state index contributed by atoms with van der Waals surface area (Å²) in [5, 5.41) is 24.7. The van der Waals surface area contributed by atoms with E-state index in [0.29, 0.717) is 0 Å². The van der Waals surface area contributed by atoms with Crippen molar-refractivity contribution in [2.45, 2.75) is 230 Å². The molecule has 21 nitrogen and oxygen atoms in total. The summed E-state index contributed by atoms with van der Waals surface area (Å²) >= 11 is 0. The second kappa shape index (κ2) is 34.9. The first-order valence-electron chi connectivity index (χ1n) is 31.2. The van der Waals surface area contributed by atoms with Crippen LogP contribution >= 0.6 is 0 Å². The van der Waals surface area contributed by atoms with E-state index < -0.39 is 161 Å². The van der Waals surface area contributed by atoms with Gasteiger partial charge in [-0.3, -0.25) is 52.7 Å². The van der Waals surface area contributed by atoms with Crippen LogP contribution in [0.2, 0.25) is 0 Å². The molecule has 85 heavy (non-hydrogen) atoms. The number of rotatable bonds is 15. The molecule has 1 heterocycles. The van der Waals surface area contributed by atoms with Crippen molar-refractivity contribution in [2.75, 3.05) is 55.9 Å². The molecule has 0 aromatic carbocycles. The second-order valence-corrected chi connectivity index (χ2v) is 27.1. The number of hydrogen-bond donors (Lipinski definition) is 3. The van der Waals surface area contributed by atoms with E-state index in [0.717, 1.165) is 4.90 Å². The minimum absolute atomic E-state index is 0.0547. The first-order chi connectivity index (χ1) is 39.1. The van der Waals surface area contributed by atoms with Crippen molar-refractivity contribution in [1.82, 2.24) is 39.6 Å². The van der Waals surface area contributed by atoms with Crippen LogP contribution in [0.1, 0.15) is 175 Å². The minimum Gasteiger partial charge on any atom is -0.396 e. The maximum Gasteiger partial charge on any atom is 0.246 e. The van der Waals surface area contributed by atoms with Gasteiger partial charge in [-0.2, -0.15) is 0 Å². The summed E-state index contributed by atoms with van der Waals surface area (Å²) in [6, 6.07) is -9.45. The Bertz CT molecular complexity index is 2290. The average Bonchev–Trinajstić information content (AvgIpc) is 3.49. The standard InChI is InChI=1S/C64H114N8O13/c1-25-45-33-53(76)55(56(77)41(14)26-27-73)72(24)64(85)54(40(12)13)71(23)63(84)50(31-38(8)9)70(22)62(83)49(30-37(6)7)69(21)58(79)43(16)65-57(78)42(15)32-51(74)47(28-35(2)3)68(20)61(82)46(39(10)11)34-52(75)48(29-36(4)5)67(19)59(80)44(17)66(18)60(45)81/h35-50,54-56,73,77H,25-34H2,1-24H3,(H,65,78)/t41-,42+,43+,44-,45+,46-,47-,48+,49-,50-,54-,55+,56-/m1/s1. The highest BCUT2D eigenvalue weighted by Crippen LogP contribution is 2.29. The van der Waals surface area contributed by atoms with E-state index in [1.807, 2.05) is 55.4 Å². The first-order valence-corrected chi connectivity index (χ1v) is 31.2. The van der Waals surface area contributed by atoms with Crippen molar-refractivity contribution in [3.05, 3.63) is 0 Å². The summed E-state index contributed by atoms with van der Waals surface area (Å²) in [5.41, 5.74) is 0. The Labute approximate surface area is 510 Å². The van der Waals surface area contributed by atoms with Crippen LogP contribution < -0.4 is 5.32 Å². The summed E-state index contributed by atoms with van der Waals surface area (Å²) in [5.74, 6) is -11.3. The lowest BCUT2D eigenvalue weighted by Gasteiger charge is -2.41. The molecule has 3 N–H and O–H groups in total. The summed E-state index contributed by atoms with van der Waals surface area (Å²) in [7, 11) is 10.1. The molecule has 1 aliphatic rings. The zero-order chi connectivity index (χ0) is 66.1. The Morgan fingerprint density at radius 3 is 1.27 bits per heavy atom. The summed E-state index contributed by atoms with van der Waals surface area (Å²) in [6.07, 6.45) is -1.63. The Morgan fingerprint density at radius 1 is 0.447 bits per heavy atom. The van der Waals surface area contributed by atoms with Crippen LogP contribution in [-0.4, -0.2) is 219 Å². The normalized spacial score (nSPS) is 28.0. The Balaban J connectivity index is 4.35. The highest BCUT2D eigenvalue weighted by Gasteiger charge is 2.46. The van der Waals surface area contributed by atoms with Gasteiger partial charge in [0.1, 0.15) is 36.3 Å². The smallest absolute Gasteiger partial charge is 0.246 e. The van der Waals surface area contributed by atoms with E-state index in [-0.39, 0.29) is 81.6 Å². The number of nitrogens with zero attached hydrogens (tertiary/aromatic N) is 7. The molecule has 21 heteroatoms. The molecule has 13 atom stereocenters. The van der Waals surface area contributed by atoms with Crippen LogP contribution in [0, 0.1) is 59.2 Å². The minimum atomic E-state index is -1.57. The molecule has 0 spiro atoms. The van der Waals surface area contributed by atoms with Crippen LogP contribution in [-0.2, 0) is 52.7 Å². The number of amides is 8. The lowest BCUT2D eigenvalue weighted by atomic mass is 9.84. The van der Waals surface area contributed by atoms with Gasteiger partial charge < -0.3 is 49.8 Å². The summed E-state index contributed by atoms with van der Waals surface area (Å²) in [4.78, 5) is 170. The van der Waals surface area contributed by atoms with Gasteiger partial charge in [0.25, 0.3) is 0 Å². The highest BCUT2D eigenvalue weighted by molar-refractivity contribution is 6.00. The van der Waals surface area contributed by atoms with Gasteiger partial charge in [-0.05, 0) is 93.8 Å². The van der Waals surface area contributed by atoms with Gasteiger partial charge in [0, 0.05) is 93.0 Å². The van der Waals surface area contributed by atoms with E-state index in [1.54, 1.807) is 48.5 Å². The van der Waals surface area contributed by atoms with E-state index in [2.05, 4.69) is 5.32 Å². The monoisotopic (exact) mass is 1200 g/mol. The molecule has 0 saturated carbocycles. The number of aliphatic hydroxyl groups is 2. The fraction of sp³-hybridized carbons (Fsp3) is 0.828. The van der Waals surface area contributed by atoms with Crippen LogP contribution in [0.5, 0.6) is 0 Å². The van der Waals surface area contributed by atoms with E-state index in [1.165, 1.54) is 92.6 Å². The molecule has 1 aliphatic heterocycles. The van der Waals surface area contributed by atoms with Gasteiger partial charge >= 0.3 is 0 Å². The van der Waals surface area contributed by atoms with Crippen LogP contribution in [0.15, 0.2) is 0 Å². The van der Waals surface area contributed by atoms with Gasteiger partial charge in [-0.15, -0.1) is 0 Å². The van der Waals surface area contributed by atoms with Crippen molar-refractivity contribution in [3.63, 3.8) is 0 Å². The fourth-order valence-corrected chi connectivity index (χ4v) is 11.6. The largest absolute Gasteiger partial charge is 0.396 e. The lowest BCUT2D eigenvalue weighted by Crippen LogP contribution is -2.62. The zero-order valence-corrected chi connectivity index (χ0v) is 56.6. The number of Topliss-reactive ketones (excluding diaryl/α,β-unsaturated/α-hetero) is 3. The van der Waals surface area contributed by atoms with Crippen molar-refractivity contribution in [2.24, 2.45) is 59.2 Å². The van der Waals surface area contributed by atoms with Gasteiger partial charge in [0.15, 0.2) is 17.3 Å². The average molecular weight is 1200 g/mol. The zero-order valence-electron chi connectivity index (χ0n) is 56.6. The van der Waals surface area contributed by atoms with Crippen molar-refractivity contribution < 1.29 is 63.0 Å². The fourth-order valence-electron chi connectivity index (χ4n) is 11.6. The Morgan fingerprint density at radius 2 is 0.847 bits per heavy atom. The molecule has 0 aliphatic carbocycles. The van der Waals surface area contributed by atoms with E-state index >= 15 is 9.59 Å². The third-order valence-corrected chi connectivity index (χ3v) is 17.4. The predicted molar refractivity (Wildman–Crippen MR) is 329 cm³/mol. The third-order valence-electron chi connectivity index (χ3n) is 17.4. The summed E-state index contributed by atoms with van der Waals surface area (Å²) < 4.78 is 0. The number of hydrogen-bond acceptors (Lipinski definition) is 13. The van der Waals surface area contributed by atoms with Crippen molar-refractivity contribution >= 4 is 64.6 Å². The van der Waals surface area contributed by atoms with Crippen molar-refractivity contribution in [3.8, 4) is 0 Å². The van der Waals surface area contributed by atoms with Gasteiger partial charge in [0.2, 0.25) is 47.3 Å². The molecule has 0 radical (unpaired) electrons. The molecule has 0 aromatic rings. The van der Waals surface area contributed by atoms with Crippen molar-refractivity contribution in [1.29, 1.82) is 0 Å². The number of likely N-dealkylation sites (N-methyl/N-ethyl adjacent to an activating group) is 7. The Kier molecular flexibility index (Phi) is 31.9. The maximum atomic E-state index is 15.1. The molecule has 1 fully saturated rings. The SMILES string of the molecule is CC[C@H]1CC(=O)[C@@H]([C@H](O)[C@H](C)CCO)N(C)C(=O)[C@@H](C(C)C)N(C)C(=O)[C@@H](CC(C)C)N(C)C(=O)[C@@H](CC(C)C)N(C)C(=O)[C@H](C)NC(=O)[C@@H](C)CC(=O)[C@@H](CC(C)C)N(C)C(=O)[C@@H](C(C)C)CC(=O)[C@H](CC(C)C)N(C)C(=O)[C@@H](C)N(C)C1=O. The molecule has 8 amide bonds. The number of carbonyl (C=O) groups is 11. The number of ketones is 3. The number of nitrogens with one attached hydrogen (secondary N) is 1. The molecule has 0 aromatic heterocycles. The van der Waals surface area contributed by atoms with Gasteiger partial charge in [0.05, 0.1) is 18.2 Å². The predicted octanol–water partition coefficient (Wildman–Crippen LogP) is 5.35. The van der Waals surface area contributed by atoms with Crippen LogP contribution in [0.4, 0.5) is 0 Å². The highest BCUT2D eigenvalue weighted by atomic mass is 16.3. The lowest BCUT2D eigenvalue weighted by molar-refractivity contribution is -0.157.